The lowest BCUT2D eigenvalue weighted by Gasteiger charge is -2.40. The van der Waals surface area contributed by atoms with Crippen molar-refractivity contribution < 1.29 is 9.84 Å². The van der Waals surface area contributed by atoms with E-state index in [-0.39, 0.29) is 0 Å². The maximum absolute atomic E-state index is 10.7. The smallest absolute Gasteiger partial charge is 0.126 e. The molecule has 1 aromatic carbocycles. The second-order valence-electron chi connectivity index (χ2n) is 7.37. The van der Waals surface area contributed by atoms with Gasteiger partial charge >= 0.3 is 0 Å². The monoisotopic (exact) mass is 329 g/mol. The van der Waals surface area contributed by atoms with Crippen molar-refractivity contribution in [2.24, 2.45) is 5.92 Å². The molecule has 3 unspecified atom stereocenters. The van der Waals surface area contributed by atoms with Crippen LogP contribution in [-0.2, 0) is 6.42 Å². The van der Waals surface area contributed by atoms with Crippen molar-refractivity contribution in [2.45, 2.75) is 63.8 Å². The predicted octanol–water partition coefficient (Wildman–Crippen LogP) is 4.55. The van der Waals surface area contributed by atoms with Gasteiger partial charge in [-0.25, -0.2) is 0 Å². The Kier molecular flexibility index (Phi) is 5.83. The number of hydrogen-bond acceptors (Lipinski definition) is 3. The van der Waals surface area contributed by atoms with Crippen LogP contribution in [0.15, 0.2) is 24.8 Å². The lowest BCUT2D eigenvalue weighted by atomic mass is 9.72. The average Bonchev–Trinajstić information content (AvgIpc) is 2.59. The van der Waals surface area contributed by atoms with E-state index in [1.165, 1.54) is 31.2 Å². The standard InChI is InChI=1S/C21H31NO2/c1-3-5-6-7-15-11-19(23)21-18-13-17(22-10-4-2)9-8-16(18)14-24-20(21)12-15/h4,11-12,16-18,22-23H,2-3,5-10,13-14H2,1H3. The minimum Gasteiger partial charge on any atom is -0.508 e. The molecule has 0 saturated heterocycles. The zero-order chi connectivity index (χ0) is 16.9. The molecular weight excluding hydrogens is 298 g/mol. The van der Waals surface area contributed by atoms with Gasteiger partial charge < -0.3 is 15.2 Å². The second kappa shape index (κ2) is 8.06. The summed E-state index contributed by atoms with van der Waals surface area (Å²) in [5, 5.41) is 14.2. The molecule has 0 spiro atoms. The summed E-state index contributed by atoms with van der Waals surface area (Å²) in [5.74, 6) is 2.32. The fraction of sp³-hybridized carbons (Fsp3) is 0.619. The van der Waals surface area contributed by atoms with Crippen molar-refractivity contribution in [3.05, 3.63) is 35.9 Å². The fourth-order valence-corrected chi connectivity index (χ4v) is 4.30. The molecule has 1 aromatic rings. The van der Waals surface area contributed by atoms with Crippen molar-refractivity contribution in [3.8, 4) is 11.5 Å². The molecule has 0 radical (unpaired) electrons. The van der Waals surface area contributed by atoms with Crippen LogP contribution in [0, 0.1) is 5.92 Å². The van der Waals surface area contributed by atoms with E-state index >= 15 is 0 Å². The van der Waals surface area contributed by atoms with Crippen molar-refractivity contribution >= 4 is 0 Å². The van der Waals surface area contributed by atoms with Gasteiger partial charge in [-0.1, -0.05) is 25.8 Å². The first-order chi connectivity index (χ1) is 11.7. The van der Waals surface area contributed by atoms with E-state index < -0.39 is 0 Å². The van der Waals surface area contributed by atoms with E-state index in [1.54, 1.807) is 0 Å². The van der Waals surface area contributed by atoms with Crippen LogP contribution in [0.4, 0.5) is 0 Å². The quantitative estimate of drug-likeness (QED) is 0.570. The summed E-state index contributed by atoms with van der Waals surface area (Å²) >= 11 is 0. The number of nitrogens with one attached hydrogen (secondary N) is 1. The van der Waals surface area contributed by atoms with Gasteiger partial charge in [0.15, 0.2) is 0 Å². The maximum atomic E-state index is 10.7. The average molecular weight is 329 g/mol. The van der Waals surface area contributed by atoms with Crippen LogP contribution in [-0.4, -0.2) is 24.3 Å². The Hall–Kier alpha value is -1.48. The SMILES string of the molecule is C=CCNC1CCC2COc3cc(CCCCC)cc(O)c3C2C1. The van der Waals surface area contributed by atoms with Gasteiger partial charge in [0.05, 0.1) is 6.61 Å². The second-order valence-corrected chi connectivity index (χ2v) is 7.37. The summed E-state index contributed by atoms with van der Waals surface area (Å²) in [6.45, 7) is 7.66. The highest BCUT2D eigenvalue weighted by Gasteiger charge is 2.38. The lowest BCUT2D eigenvalue weighted by molar-refractivity contribution is 0.139. The Bertz CT molecular complexity index is 569. The van der Waals surface area contributed by atoms with Gasteiger partial charge in [0.25, 0.3) is 0 Å². The maximum Gasteiger partial charge on any atom is 0.126 e. The van der Waals surface area contributed by atoms with E-state index in [0.29, 0.717) is 23.6 Å². The van der Waals surface area contributed by atoms with E-state index in [0.717, 1.165) is 43.7 Å². The van der Waals surface area contributed by atoms with Gasteiger partial charge in [-0.2, -0.15) is 0 Å². The molecule has 1 aliphatic heterocycles. The third-order valence-corrected chi connectivity index (χ3v) is 5.62. The molecule has 0 amide bonds. The van der Waals surface area contributed by atoms with Crippen molar-refractivity contribution in [2.75, 3.05) is 13.2 Å². The molecule has 3 nitrogen and oxygen atoms in total. The van der Waals surface area contributed by atoms with E-state index in [1.807, 2.05) is 12.1 Å². The summed E-state index contributed by atoms with van der Waals surface area (Å²) < 4.78 is 6.04. The molecule has 3 rings (SSSR count). The van der Waals surface area contributed by atoms with Gasteiger partial charge in [0.2, 0.25) is 0 Å². The largest absolute Gasteiger partial charge is 0.508 e. The Morgan fingerprint density at radius 3 is 3.00 bits per heavy atom. The number of benzene rings is 1. The number of unbranched alkanes of at least 4 members (excludes halogenated alkanes) is 2. The summed E-state index contributed by atoms with van der Waals surface area (Å²) in [6.07, 6.45) is 10.0. The number of phenolic OH excluding ortho intramolecular Hbond substituents is 1. The number of fused-ring (bicyclic) bond motifs is 3. The molecule has 24 heavy (non-hydrogen) atoms. The summed E-state index contributed by atoms with van der Waals surface area (Å²) in [6, 6.07) is 4.65. The molecule has 132 valence electrons. The molecule has 2 N–H and O–H groups in total. The lowest BCUT2D eigenvalue weighted by Crippen LogP contribution is -2.40. The minimum atomic E-state index is 0.412. The van der Waals surface area contributed by atoms with Crippen LogP contribution in [0.5, 0.6) is 11.5 Å². The van der Waals surface area contributed by atoms with Crippen LogP contribution in [0.3, 0.4) is 0 Å². The van der Waals surface area contributed by atoms with Crippen molar-refractivity contribution in [1.29, 1.82) is 0 Å². The van der Waals surface area contributed by atoms with Crippen LogP contribution in [0.2, 0.25) is 0 Å². The summed E-state index contributed by atoms with van der Waals surface area (Å²) in [7, 11) is 0. The van der Waals surface area contributed by atoms with E-state index in [4.69, 9.17) is 4.74 Å². The van der Waals surface area contributed by atoms with E-state index in [2.05, 4.69) is 24.9 Å². The third kappa shape index (κ3) is 3.77. The highest BCUT2D eigenvalue weighted by molar-refractivity contribution is 5.51. The highest BCUT2D eigenvalue weighted by Crippen LogP contribution is 2.49. The Labute approximate surface area is 146 Å². The van der Waals surface area contributed by atoms with Gasteiger partial charge in [-0.05, 0) is 55.7 Å². The number of ether oxygens (including phenoxy) is 1. The fourth-order valence-electron chi connectivity index (χ4n) is 4.30. The molecule has 3 heteroatoms. The number of aryl methyl sites for hydroxylation is 1. The van der Waals surface area contributed by atoms with Gasteiger partial charge in [0.1, 0.15) is 11.5 Å². The first-order valence-corrected chi connectivity index (χ1v) is 9.55. The van der Waals surface area contributed by atoms with Crippen LogP contribution in [0.25, 0.3) is 0 Å². The molecule has 1 heterocycles. The Morgan fingerprint density at radius 2 is 2.21 bits per heavy atom. The van der Waals surface area contributed by atoms with E-state index in [9.17, 15) is 5.11 Å². The summed E-state index contributed by atoms with van der Waals surface area (Å²) in [5.41, 5.74) is 2.26. The predicted molar refractivity (Wildman–Crippen MR) is 98.9 cm³/mol. The van der Waals surface area contributed by atoms with Gasteiger partial charge in [-0.3, -0.25) is 0 Å². The normalized spacial score (nSPS) is 25.5. The summed E-state index contributed by atoms with van der Waals surface area (Å²) in [4.78, 5) is 0. The van der Waals surface area contributed by atoms with Crippen molar-refractivity contribution in [1.82, 2.24) is 5.32 Å². The Balaban J connectivity index is 1.77. The molecule has 1 aliphatic carbocycles. The minimum absolute atomic E-state index is 0.412. The zero-order valence-electron chi connectivity index (χ0n) is 14.9. The number of aromatic hydroxyl groups is 1. The Morgan fingerprint density at radius 1 is 1.33 bits per heavy atom. The molecular formula is C21H31NO2. The molecule has 2 aliphatic rings. The first kappa shape index (κ1) is 17.3. The molecule has 1 saturated carbocycles. The van der Waals surface area contributed by atoms with Gasteiger partial charge in [-0.15, -0.1) is 6.58 Å². The number of phenols is 1. The first-order valence-electron chi connectivity index (χ1n) is 9.55. The molecule has 0 bridgehead atoms. The van der Waals surface area contributed by atoms with Crippen LogP contribution in [0.1, 0.15) is 62.5 Å². The molecule has 3 atom stereocenters. The highest BCUT2D eigenvalue weighted by atomic mass is 16.5. The molecule has 1 fully saturated rings. The number of rotatable bonds is 7. The van der Waals surface area contributed by atoms with Crippen molar-refractivity contribution in [3.63, 3.8) is 0 Å². The number of hydrogen-bond donors (Lipinski definition) is 2. The van der Waals surface area contributed by atoms with Gasteiger partial charge in [0, 0.05) is 24.1 Å². The third-order valence-electron chi connectivity index (χ3n) is 5.62. The molecule has 0 aromatic heterocycles. The van der Waals surface area contributed by atoms with Crippen LogP contribution >= 0.6 is 0 Å². The topological polar surface area (TPSA) is 41.5 Å². The zero-order valence-corrected chi connectivity index (χ0v) is 14.9. The van der Waals surface area contributed by atoms with Crippen LogP contribution < -0.4 is 10.1 Å².